The van der Waals surface area contributed by atoms with Crippen LogP contribution in [-0.2, 0) is 9.05 Å². The van der Waals surface area contributed by atoms with Crippen molar-refractivity contribution in [3.63, 3.8) is 0 Å². The van der Waals surface area contributed by atoms with Crippen molar-refractivity contribution >= 4 is 47.3 Å². The van der Waals surface area contributed by atoms with E-state index in [2.05, 4.69) is 15.9 Å². The molecule has 1 aromatic carbocycles. The highest BCUT2D eigenvalue weighted by molar-refractivity contribution is 9.10. The second kappa shape index (κ2) is 4.95. The number of benzene rings is 1. The normalized spacial score (nSPS) is 14.7. The Morgan fingerprint density at radius 3 is 2.18 bits per heavy atom. The van der Waals surface area contributed by atoms with E-state index in [4.69, 9.17) is 22.3 Å². The van der Waals surface area contributed by atoms with Crippen molar-refractivity contribution < 1.29 is 21.6 Å². The van der Waals surface area contributed by atoms with Gasteiger partial charge in [-0.2, -0.15) is 13.2 Å². The van der Waals surface area contributed by atoms with Gasteiger partial charge in [0.05, 0.1) is 0 Å². The molecule has 2 nitrogen and oxygen atoms in total. The van der Waals surface area contributed by atoms with Crippen molar-refractivity contribution in [2.75, 3.05) is 0 Å². The predicted octanol–water partition coefficient (Wildman–Crippen LogP) is 4.27. The Labute approximate surface area is 113 Å². The summed E-state index contributed by atoms with van der Waals surface area (Å²) in [6, 6.07) is 3.28. The lowest BCUT2D eigenvalue weighted by Gasteiger charge is -2.18. The van der Waals surface area contributed by atoms with Crippen LogP contribution in [0.2, 0.25) is 5.02 Å². The Morgan fingerprint density at radius 1 is 1.29 bits per heavy atom. The summed E-state index contributed by atoms with van der Waals surface area (Å²) in [5.41, 5.74) is -0.503. The average Bonchev–Trinajstić information content (AvgIpc) is 2.04. The first-order valence-electron chi connectivity index (χ1n) is 3.98. The van der Waals surface area contributed by atoms with E-state index in [1.54, 1.807) is 0 Å². The molecule has 1 rings (SSSR count). The van der Waals surface area contributed by atoms with Crippen LogP contribution in [0.3, 0.4) is 0 Å². The fraction of sp³-hybridized carbons (Fsp3) is 0.250. The molecule has 0 aliphatic rings. The summed E-state index contributed by atoms with van der Waals surface area (Å²) in [6.45, 7) is 0. The van der Waals surface area contributed by atoms with Gasteiger partial charge in [0.15, 0.2) is 5.25 Å². The second-order valence-electron chi connectivity index (χ2n) is 3.06. The molecule has 0 aliphatic heterocycles. The lowest BCUT2D eigenvalue weighted by atomic mass is 10.1. The van der Waals surface area contributed by atoms with E-state index in [0.29, 0.717) is 0 Å². The smallest absolute Gasteiger partial charge is 0.211 e. The number of halogens is 6. The van der Waals surface area contributed by atoms with Crippen molar-refractivity contribution in [1.82, 2.24) is 0 Å². The highest BCUT2D eigenvalue weighted by Crippen LogP contribution is 2.43. The molecule has 0 saturated carbocycles. The van der Waals surface area contributed by atoms with Gasteiger partial charge >= 0.3 is 6.18 Å². The molecule has 17 heavy (non-hydrogen) atoms. The zero-order valence-corrected chi connectivity index (χ0v) is 11.7. The van der Waals surface area contributed by atoms with Gasteiger partial charge in [-0.1, -0.05) is 33.6 Å². The van der Waals surface area contributed by atoms with Crippen LogP contribution in [0.5, 0.6) is 0 Å². The van der Waals surface area contributed by atoms with Gasteiger partial charge in [0, 0.05) is 20.2 Å². The first-order valence-corrected chi connectivity index (χ1v) is 7.53. The van der Waals surface area contributed by atoms with E-state index in [0.717, 1.165) is 18.2 Å². The summed E-state index contributed by atoms with van der Waals surface area (Å²) < 4.78 is 59.9. The van der Waals surface area contributed by atoms with Crippen molar-refractivity contribution in [3.8, 4) is 0 Å². The van der Waals surface area contributed by atoms with Crippen molar-refractivity contribution in [2.24, 2.45) is 0 Å². The molecule has 0 amide bonds. The highest BCUT2D eigenvalue weighted by atomic mass is 79.9. The Kier molecular flexibility index (Phi) is 4.39. The molecule has 0 aromatic heterocycles. The van der Waals surface area contributed by atoms with Gasteiger partial charge in [-0.15, -0.1) is 0 Å². The molecular weight excluding hydrogens is 368 g/mol. The molecular formula is C8H4BrCl2F3O2S. The summed E-state index contributed by atoms with van der Waals surface area (Å²) in [5, 5.41) is -2.61. The van der Waals surface area contributed by atoms with Gasteiger partial charge in [-0.25, -0.2) is 8.42 Å². The first-order chi connectivity index (χ1) is 7.53. The minimum atomic E-state index is -5.00. The molecule has 0 spiro atoms. The van der Waals surface area contributed by atoms with Crippen LogP contribution < -0.4 is 0 Å². The van der Waals surface area contributed by atoms with Gasteiger partial charge in [0.2, 0.25) is 9.05 Å². The van der Waals surface area contributed by atoms with Crippen LogP contribution in [0.15, 0.2) is 22.7 Å². The lowest BCUT2D eigenvalue weighted by molar-refractivity contribution is -0.131. The summed E-state index contributed by atoms with van der Waals surface area (Å²) in [4.78, 5) is 0. The first kappa shape index (κ1) is 15.1. The number of alkyl halides is 3. The van der Waals surface area contributed by atoms with Gasteiger partial charge in [-0.05, 0) is 17.7 Å². The number of hydrogen-bond acceptors (Lipinski definition) is 2. The maximum Gasteiger partial charge on any atom is 0.410 e. The molecule has 0 N–H and O–H groups in total. The minimum absolute atomic E-state index is 0.0726. The monoisotopic (exact) mass is 370 g/mol. The van der Waals surface area contributed by atoms with E-state index in [1.165, 1.54) is 0 Å². The van der Waals surface area contributed by atoms with Crippen LogP contribution in [0.4, 0.5) is 13.2 Å². The highest BCUT2D eigenvalue weighted by Gasteiger charge is 2.50. The van der Waals surface area contributed by atoms with E-state index in [9.17, 15) is 21.6 Å². The second-order valence-corrected chi connectivity index (χ2v) is 7.07. The standard InChI is InChI=1S/C8H4BrCl2F3O2S/c9-6-3-4(10)1-2-5(6)7(8(12,13)14)17(11,15)16/h1-3,7H. The Balaban J connectivity index is 3.44. The van der Waals surface area contributed by atoms with Crippen LogP contribution in [-0.4, -0.2) is 14.6 Å². The van der Waals surface area contributed by atoms with Crippen LogP contribution in [0.25, 0.3) is 0 Å². The minimum Gasteiger partial charge on any atom is -0.211 e. The quantitative estimate of drug-likeness (QED) is 0.727. The molecule has 0 heterocycles. The zero-order valence-electron chi connectivity index (χ0n) is 7.80. The summed E-state index contributed by atoms with van der Waals surface area (Å²) >= 11 is 8.38. The van der Waals surface area contributed by atoms with Gasteiger partial charge < -0.3 is 0 Å². The Bertz CT molecular complexity index is 530. The molecule has 1 atom stereocenters. The van der Waals surface area contributed by atoms with Crippen molar-refractivity contribution in [2.45, 2.75) is 11.4 Å². The largest absolute Gasteiger partial charge is 0.410 e. The fourth-order valence-corrected chi connectivity index (χ4v) is 3.68. The van der Waals surface area contributed by atoms with E-state index in [1.807, 2.05) is 0 Å². The fourth-order valence-electron chi connectivity index (χ4n) is 1.20. The van der Waals surface area contributed by atoms with Crippen molar-refractivity contribution in [1.29, 1.82) is 0 Å². The van der Waals surface area contributed by atoms with Crippen LogP contribution in [0, 0.1) is 0 Å². The third kappa shape index (κ3) is 3.74. The number of rotatable bonds is 2. The van der Waals surface area contributed by atoms with Gasteiger partial charge in [0.25, 0.3) is 0 Å². The molecule has 0 aliphatic carbocycles. The van der Waals surface area contributed by atoms with E-state index in [-0.39, 0.29) is 9.50 Å². The van der Waals surface area contributed by atoms with Crippen LogP contribution >= 0.6 is 38.2 Å². The Morgan fingerprint density at radius 2 is 1.82 bits per heavy atom. The molecule has 0 saturated heterocycles. The molecule has 1 unspecified atom stereocenters. The molecule has 0 bridgehead atoms. The molecule has 96 valence electrons. The summed E-state index contributed by atoms with van der Waals surface area (Å²) in [7, 11) is -0.00836. The maximum atomic E-state index is 12.7. The molecule has 1 aromatic rings. The maximum absolute atomic E-state index is 12.7. The predicted molar refractivity (Wildman–Crippen MR) is 62.7 cm³/mol. The molecule has 0 fully saturated rings. The Hall–Kier alpha value is 0.0200. The van der Waals surface area contributed by atoms with Gasteiger partial charge in [0.1, 0.15) is 0 Å². The zero-order chi connectivity index (χ0) is 13.4. The lowest BCUT2D eigenvalue weighted by Crippen LogP contribution is -2.26. The summed E-state index contributed by atoms with van der Waals surface area (Å²) in [6.07, 6.45) is -5.00. The average molecular weight is 372 g/mol. The van der Waals surface area contributed by atoms with E-state index >= 15 is 0 Å². The summed E-state index contributed by atoms with van der Waals surface area (Å²) in [5.74, 6) is 0. The van der Waals surface area contributed by atoms with Gasteiger partial charge in [-0.3, -0.25) is 0 Å². The number of hydrogen-bond donors (Lipinski definition) is 0. The SMILES string of the molecule is O=S(=O)(Cl)C(c1ccc(Cl)cc1Br)C(F)(F)F. The topological polar surface area (TPSA) is 34.1 Å². The van der Waals surface area contributed by atoms with Crippen LogP contribution in [0.1, 0.15) is 10.8 Å². The third-order valence-electron chi connectivity index (χ3n) is 1.82. The molecule has 0 radical (unpaired) electrons. The third-order valence-corrected chi connectivity index (χ3v) is 4.36. The molecule has 9 heteroatoms. The van der Waals surface area contributed by atoms with Crippen molar-refractivity contribution in [3.05, 3.63) is 33.3 Å². The van der Waals surface area contributed by atoms with E-state index < -0.39 is 26.0 Å².